The third-order valence-electron chi connectivity index (χ3n) is 4.21. The molecule has 124 valence electrons. The molecule has 3 heterocycles. The second-order valence-corrected chi connectivity index (χ2v) is 5.92. The molecule has 0 spiro atoms. The number of nitrogens with one attached hydrogen (secondary N) is 1. The van der Waals surface area contributed by atoms with Gasteiger partial charge in [0.1, 0.15) is 17.3 Å². The van der Waals surface area contributed by atoms with Crippen LogP contribution in [-0.4, -0.2) is 4.98 Å². The maximum Gasteiger partial charge on any atom is 0.134 e. The van der Waals surface area contributed by atoms with Crippen molar-refractivity contribution in [2.24, 2.45) is 0 Å². The van der Waals surface area contributed by atoms with Gasteiger partial charge in [0, 0.05) is 18.0 Å². The molecule has 1 N–H and O–H groups in total. The number of hydrogen-bond donors (Lipinski definition) is 1. The molecule has 4 rings (SSSR count). The molecule has 0 bridgehead atoms. The van der Waals surface area contributed by atoms with Gasteiger partial charge in [0.15, 0.2) is 0 Å². The van der Waals surface area contributed by atoms with Gasteiger partial charge < -0.3 is 9.73 Å². The van der Waals surface area contributed by atoms with Crippen LogP contribution < -0.4 is 5.32 Å². The Hall–Kier alpha value is -3.14. The molecule has 0 fully saturated rings. The first-order valence-corrected chi connectivity index (χ1v) is 8.17. The minimum absolute atomic E-state index is 0.0815. The highest BCUT2D eigenvalue weighted by molar-refractivity contribution is 5.61. The Morgan fingerprint density at radius 1 is 1.12 bits per heavy atom. The number of nitrogens with zero attached hydrogens (tertiary/aromatic N) is 1. The van der Waals surface area contributed by atoms with Gasteiger partial charge in [-0.3, -0.25) is 4.98 Å². The summed E-state index contributed by atoms with van der Waals surface area (Å²) in [6.07, 6.45) is 10.6. The van der Waals surface area contributed by atoms with Gasteiger partial charge in [0.25, 0.3) is 0 Å². The highest BCUT2D eigenvalue weighted by atomic mass is 19.1. The van der Waals surface area contributed by atoms with E-state index in [1.807, 2.05) is 30.6 Å². The fraction of sp³-hybridized carbons (Fsp3) is 0.0952. The van der Waals surface area contributed by atoms with E-state index in [1.165, 1.54) is 17.7 Å². The second-order valence-electron chi connectivity index (χ2n) is 5.92. The summed E-state index contributed by atoms with van der Waals surface area (Å²) in [4.78, 5) is 4.21. The van der Waals surface area contributed by atoms with Crippen molar-refractivity contribution in [1.82, 2.24) is 10.3 Å². The van der Waals surface area contributed by atoms with E-state index in [1.54, 1.807) is 18.3 Å². The van der Waals surface area contributed by atoms with Gasteiger partial charge >= 0.3 is 0 Å². The van der Waals surface area contributed by atoms with Crippen molar-refractivity contribution in [3.05, 3.63) is 95.9 Å². The molecule has 2 aromatic heterocycles. The monoisotopic (exact) mass is 332 g/mol. The van der Waals surface area contributed by atoms with Gasteiger partial charge in [0.2, 0.25) is 0 Å². The fourth-order valence-electron chi connectivity index (χ4n) is 2.97. The molecule has 0 amide bonds. The average molecular weight is 332 g/mol. The third kappa shape index (κ3) is 3.38. The number of halogens is 1. The van der Waals surface area contributed by atoms with Gasteiger partial charge in [-0.1, -0.05) is 12.1 Å². The Morgan fingerprint density at radius 3 is 2.80 bits per heavy atom. The first-order chi connectivity index (χ1) is 12.3. The van der Waals surface area contributed by atoms with E-state index in [0.717, 1.165) is 29.1 Å². The average Bonchev–Trinajstić information content (AvgIpc) is 3.12. The summed E-state index contributed by atoms with van der Waals surface area (Å²) in [5.74, 6) is 1.25. The van der Waals surface area contributed by atoms with Crippen LogP contribution in [-0.2, 0) is 0 Å². The summed E-state index contributed by atoms with van der Waals surface area (Å²) in [5.41, 5.74) is 3.18. The summed E-state index contributed by atoms with van der Waals surface area (Å²) in [6.45, 7) is 0. The van der Waals surface area contributed by atoms with E-state index < -0.39 is 0 Å². The second kappa shape index (κ2) is 6.77. The highest BCUT2D eigenvalue weighted by Crippen LogP contribution is 2.30. The lowest BCUT2D eigenvalue weighted by atomic mass is 9.94. The van der Waals surface area contributed by atoms with Crippen LogP contribution in [0, 0.1) is 5.82 Å². The molecule has 25 heavy (non-hydrogen) atoms. The van der Waals surface area contributed by atoms with Crippen molar-refractivity contribution >= 4 is 6.08 Å². The van der Waals surface area contributed by atoms with Crippen molar-refractivity contribution in [1.29, 1.82) is 0 Å². The van der Waals surface area contributed by atoms with Crippen LogP contribution in [0.3, 0.4) is 0 Å². The Labute approximate surface area is 145 Å². The fourth-order valence-corrected chi connectivity index (χ4v) is 2.97. The van der Waals surface area contributed by atoms with E-state index in [2.05, 4.69) is 28.5 Å². The highest BCUT2D eigenvalue weighted by Gasteiger charge is 2.18. The van der Waals surface area contributed by atoms with Crippen LogP contribution in [0.2, 0.25) is 0 Å². The Kier molecular flexibility index (Phi) is 4.17. The topological polar surface area (TPSA) is 38.1 Å². The van der Waals surface area contributed by atoms with Crippen molar-refractivity contribution in [3.8, 4) is 11.3 Å². The number of hydrogen-bond acceptors (Lipinski definition) is 3. The summed E-state index contributed by atoms with van der Waals surface area (Å²) in [7, 11) is 0. The van der Waals surface area contributed by atoms with Gasteiger partial charge in [0.05, 0.1) is 6.04 Å². The van der Waals surface area contributed by atoms with E-state index in [-0.39, 0.29) is 11.9 Å². The largest absolute Gasteiger partial charge is 0.457 e. The maximum absolute atomic E-state index is 13.1. The first-order valence-electron chi connectivity index (χ1n) is 8.17. The zero-order valence-electron chi connectivity index (χ0n) is 13.5. The minimum atomic E-state index is -0.253. The molecule has 1 aliphatic heterocycles. The normalized spacial score (nSPS) is 18.3. The molecule has 1 aliphatic rings. The Morgan fingerprint density at radius 2 is 2.00 bits per heavy atom. The zero-order valence-corrected chi connectivity index (χ0v) is 13.5. The summed E-state index contributed by atoms with van der Waals surface area (Å²) in [5, 5.41) is 3.38. The third-order valence-corrected chi connectivity index (χ3v) is 4.21. The summed E-state index contributed by atoms with van der Waals surface area (Å²) in [6, 6.07) is 14.2. The van der Waals surface area contributed by atoms with Crippen LogP contribution >= 0.6 is 0 Å². The molecule has 0 radical (unpaired) electrons. The predicted molar refractivity (Wildman–Crippen MR) is 95.9 cm³/mol. The van der Waals surface area contributed by atoms with E-state index >= 15 is 0 Å². The van der Waals surface area contributed by atoms with Crippen LogP contribution in [0.5, 0.6) is 0 Å². The molecule has 1 unspecified atom stereocenters. The number of furan rings is 1. The van der Waals surface area contributed by atoms with Crippen LogP contribution in [0.1, 0.15) is 23.8 Å². The number of allylic oxidation sites excluding steroid dienone is 1. The van der Waals surface area contributed by atoms with Gasteiger partial charge in [-0.05, 0) is 72.3 Å². The molecule has 1 atom stereocenters. The quantitative estimate of drug-likeness (QED) is 0.724. The van der Waals surface area contributed by atoms with Gasteiger partial charge in [-0.25, -0.2) is 4.39 Å². The van der Waals surface area contributed by atoms with E-state index in [0.29, 0.717) is 0 Å². The lowest BCUT2D eigenvalue weighted by molar-refractivity contribution is 0.568. The molecule has 0 saturated carbocycles. The molecule has 0 aliphatic carbocycles. The van der Waals surface area contributed by atoms with Crippen LogP contribution in [0.15, 0.2) is 83.2 Å². The number of aromatic nitrogens is 1. The number of benzene rings is 1. The van der Waals surface area contributed by atoms with Gasteiger partial charge in [-0.15, -0.1) is 0 Å². The van der Waals surface area contributed by atoms with E-state index in [4.69, 9.17) is 4.42 Å². The number of pyridine rings is 1. The molecule has 0 saturated heterocycles. The molecule has 1 aromatic carbocycles. The summed E-state index contributed by atoms with van der Waals surface area (Å²) < 4.78 is 19.0. The van der Waals surface area contributed by atoms with E-state index in [9.17, 15) is 4.39 Å². The van der Waals surface area contributed by atoms with Crippen molar-refractivity contribution < 1.29 is 8.81 Å². The van der Waals surface area contributed by atoms with Gasteiger partial charge in [-0.2, -0.15) is 0 Å². The maximum atomic E-state index is 13.1. The smallest absolute Gasteiger partial charge is 0.134 e. The molecular formula is C21H17FN2O. The number of rotatable bonds is 3. The standard InChI is InChI=1S/C21H17FN2O/c22-18-7-5-15(6-8-18)20-10-9-19(25-20)13-16-3-2-12-24-21(16)17-4-1-11-23-14-17/h1-2,4-14,21,24H,3H2/b16-13+. The molecule has 3 aromatic rings. The lowest BCUT2D eigenvalue weighted by Crippen LogP contribution is -2.20. The molecular weight excluding hydrogens is 315 g/mol. The summed E-state index contributed by atoms with van der Waals surface area (Å²) >= 11 is 0. The van der Waals surface area contributed by atoms with Crippen molar-refractivity contribution in [3.63, 3.8) is 0 Å². The first kappa shape index (κ1) is 15.4. The van der Waals surface area contributed by atoms with Crippen LogP contribution in [0.4, 0.5) is 4.39 Å². The van der Waals surface area contributed by atoms with Crippen LogP contribution in [0.25, 0.3) is 17.4 Å². The van der Waals surface area contributed by atoms with Crippen molar-refractivity contribution in [2.45, 2.75) is 12.5 Å². The lowest BCUT2D eigenvalue weighted by Gasteiger charge is -2.23. The Bertz CT molecular complexity index is 911. The van der Waals surface area contributed by atoms with Crippen molar-refractivity contribution in [2.75, 3.05) is 0 Å². The molecule has 4 heteroatoms. The Balaban J connectivity index is 1.63. The SMILES string of the molecule is Fc1ccc(-c2ccc(/C=C3\CC=CNC3c3cccnc3)o2)cc1. The molecule has 3 nitrogen and oxygen atoms in total. The zero-order chi connectivity index (χ0) is 17.1. The predicted octanol–water partition coefficient (Wildman–Crippen LogP) is 5.11. The minimum Gasteiger partial charge on any atom is -0.457 e.